The van der Waals surface area contributed by atoms with Gasteiger partial charge in [-0.2, -0.15) is 0 Å². The van der Waals surface area contributed by atoms with Crippen molar-refractivity contribution in [3.8, 4) is 5.75 Å². The lowest BCUT2D eigenvalue weighted by Gasteiger charge is -2.15. The summed E-state index contributed by atoms with van der Waals surface area (Å²) in [4.78, 5) is 16.7. The van der Waals surface area contributed by atoms with Crippen LogP contribution >= 0.6 is 0 Å². The van der Waals surface area contributed by atoms with E-state index in [0.717, 1.165) is 29.2 Å². The molecular formula is C21H23N3O2. The number of aromatic nitrogens is 2. The Labute approximate surface area is 153 Å². The zero-order valence-electron chi connectivity index (χ0n) is 15.3. The Morgan fingerprint density at radius 3 is 2.42 bits per heavy atom. The average molecular weight is 349 g/mol. The molecule has 3 rings (SSSR count). The summed E-state index contributed by atoms with van der Waals surface area (Å²) in [7, 11) is 1.64. The molecule has 0 aliphatic rings. The number of methoxy groups -OCH3 is 1. The number of amides is 1. The van der Waals surface area contributed by atoms with Crippen molar-refractivity contribution in [1.82, 2.24) is 14.9 Å². The first-order valence-corrected chi connectivity index (χ1v) is 8.58. The van der Waals surface area contributed by atoms with E-state index in [-0.39, 0.29) is 11.9 Å². The molecule has 0 aliphatic carbocycles. The van der Waals surface area contributed by atoms with Crippen molar-refractivity contribution in [2.45, 2.75) is 26.4 Å². The number of nitrogens with zero attached hydrogens (tertiary/aromatic N) is 2. The highest BCUT2D eigenvalue weighted by atomic mass is 16.5. The van der Waals surface area contributed by atoms with Gasteiger partial charge >= 0.3 is 0 Å². The molecule has 3 aromatic rings. The number of rotatable bonds is 6. The summed E-state index contributed by atoms with van der Waals surface area (Å²) in [6, 6.07) is 15.3. The van der Waals surface area contributed by atoms with E-state index >= 15 is 0 Å². The Balaban J connectivity index is 1.63. The monoisotopic (exact) mass is 349 g/mol. The Morgan fingerprint density at radius 1 is 1.15 bits per heavy atom. The fourth-order valence-electron chi connectivity index (χ4n) is 2.78. The third kappa shape index (κ3) is 4.11. The zero-order chi connectivity index (χ0) is 18.5. The fourth-order valence-corrected chi connectivity index (χ4v) is 2.78. The number of benzene rings is 2. The van der Waals surface area contributed by atoms with Crippen molar-refractivity contribution in [3.05, 3.63) is 83.4 Å². The van der Waals surface area contributed by atoms with Gasteiger partial charge in [0.05, 0.1) is 13.2 Å². The van der Waals surface area contributed by atoms with Crippen LogP contribution in [0, 0.1) is 6.92 Å². The Morgan fingerprint density at radius 2 is 1.85 bits per heavy atom. The summed E-state index contributed by atoms with van der Waals surface area (Å²) < 4.78 is 7.23. The van der Waals surface area contributed by atoms with Gasteiger partial charge in [-0.3, -0.25) is 4.79 Å². The molecule has 1 aromatic heterocycles. The maximum atomic E-state index is 12.5. The van der Waals surface area contributed by atoms with Gasteiger partial charge < -0.3 is 14.6 Å². The van der Waals surface area contributed by atoms with Gasteiger partial charge in [0.1, 0.15) is 11.6 Å². The summed E-state index contributed by atoms with van der Waals surface area (Å²) in [5, 5.41) is 3.03. The molecule has 1 N–H and O–H groups in total. The standard InChI is InChI=1S/C21H23N3O2/c1-15(18-8-10-20(26-3)11-9-18)23-21(25)19-6-4-17(5-7-19)14-24-13-12-22-16(24)2/h4-13,15H,14H2,1-3H3,(H,23,25). The highest BCUT2D eigenvalue weighted by molar-refractivity contribution is 5.94. The molecular weight excluding hydrogens is 326 g/mol. The van der Waals surface area contributed by atoms with Gasteiger partial charge in [-0.25, -0.2) is 4.98 Å². The second kappa shape index (κ2) is 7.87. The lowest BCUT2D eigenvalue weighted by molar-refractivity contribution is 0.0940. The molecule has 0 fully saturated rings. The van der Waals surface area contributed by atoms with Crippen LogP contribution in [-0.4, -0.2) is 22.6 Å². The van der Waals surface area contributed by atoms with E-state index < -0.39 is 0 Å². The predicted molar refractivity (Wildman–Crippen MR) is 101 cm³/mol. The fraction of sp³-hybridized carbons (Fsp3) is 0.238. The first-order valence-electron chi connectivity index (χ1n) is 8.58. The molecule has 1 amide bonds. The van der Waals surface area contributed by atoms with Crippen LogP contribution in [0.5, 0.6) is 5.75 Å². The van der Waals surface area contributed by atoms with Crippen LogP contribution in [0.15, 0.2) is 60.9 Å². The number of aryl methyl sites for hydroxylation is 1. The van der Waals surface area contributed by atoms with Crippen LogP contribution < -0.4 is 10.1 Å². The molecule has 1 heterocycles. The quantitative estimate of drug-likeness (QED) is 0.737. The molecule has 1 atom stereocenters. The molecule has 0 saturated carbocycles. The molecule has 0 radical (unpaired) electrons. The Bertz CT molecular complexity index is 867. The van der Waals surface area contributed by atoms with Crippen molar-refractivity contribution in [2.75, 3.05) is 7.11 Å². The van der Waals surface area contributed by atoms with Crippen molar-refractivity contribution in [1.29, 1.82) is 0 Å². The van der Waals surface area contributed by atoms with Gasteiger partial charge in [0.25, 0.3) is 5.91 Å². The lowest BCUT2D eigenvalue weighted by Crippen LogP contribution is -2.26. The largest absolute Gasteiger partial charge is 0.497 e. The third-order valence-electron chi connectivity index (χ3n) is 4.46. The van der Waals surface area contributed by atoms with Crippen LogP contribution in [0.1, 0.15) is 40.3 Å². The topological polar surface area (TPSA) is 56.1 Å². The van der Waals surface area contributed by atoms with Crippen LogP contribution in [0.3, 0.4) is 0 Å². The van der Waals surface area contributed by atoms with Gasteiger partial charge in [-0.1, -0.05) is 24.3 Å². The highest BCUT2D eigenvalue weighted by Gasteiger charge is 2.11. The maximum absolute atomic E-state index is 12.5. The van der Waals surface area contributed by atoms with E-state index in [1.54, 1.807) is 13.3 Å². The average Bonchev–Trinajstić information content (AvgIpc) is 3.07. The second-order valence-corrected chi connectivity index (χ2v) is 6.27. The minimum Gasteiger partial charge on any atom is -0.497 e. The molecule has 0 saturated heterocycles. The summed E-state index contributed by atoms with van der Waals surface area (Å²) in [5.74, 6) is 1.69. The van der Waals surface area contributed by atoms with Crippen molar-refractivity contribution in [3.63, 3.8) is 0 Å². The van der Waals surface area contributed by atoms with Crippen LogP contribution in [0.2, 0.25) is 0 Å². The Kier molecular flexibility index (Phi) is 5.37. The van der Waals surface area contributed by atoms with Gasteiger partial charge in [0.15, 0.2) is 0 Å². The smallest absolute Gasteiger partial charge is 0.251 e. The van der Waals surface area contributed by atoms with E-state index in [1.165, 1.54) is 0 Å². The summed E-state index contributed by atoms with van der Waals surface area (Å²) in [5.41, 5.74) is 2.81. The van der Waals surface area contributed by atoms with Crippen molar-refractivity contribution >= 4 is 5.91 Å². The zero-order valence-corrected chi connectivity index (χ0v) is 15.3. The summed E-state index contributed by atoms with van der Waals surface area (Å²) in [6.07, 6.45) is 3.74. The number of hydrogen-bond donors (Lipinski definition) is 1. The second-order valence-electron chi connectivity index (χ2n) is 6.27. The summed E-state index contributed by atoms with van der Waals surface area (Å²) >= 11 is 0. The first-order chi connectivity index (χ1) is 12.6. The molecule has 0 aliphatic heterocycles. The van der Waals surface area contributed by atoms with Crippen molar-refractivity contribution in [2.24, 2.45) is 0 Å². The number of imidazole rings is 1. The van der Waals surface area contributed by atoms with E-state index in [2.05, 4.69) is 14.9 Å². The third-order valence-corrected chi connectivity index (χ3v) is 4.46. The molecule has 5 nitrogen and oxygen atoms in total. The minimum atomic E-state index is -0.0846. The van der Waals surface area contributed by atoms with E-state index in [4.69, 9.17) is 4.74 Å². The van der Waals surface area contributed by atoms with Crippen LogP contribution in [0.4, 0.5) is 0 Å². The highest BCUT2D eigenvalue weighted by Crippen LogP contribution is 2.18. The van der Waals surface area contributed by atoms with Crippen molar-refractivity contribution < 1.29 is 9.53 Å². The normalized spacial score (nSPS) is 11.8. The number of hydrogen-bond acceptors (Lipinski definition) is 3. The predicted octanol–water partition coefficient (Wildman–Crippen LogP) is 3.74. The lowest BCUT2D eigenvalue weighted by atomic mass is 10.1. The molecule has 26 heavy (non-hydrogen) atoms. The van der Waals surface area contributed by atoms with E-state index in [0.29, 0.717) is 5.56 Å². The molecule has 134 valence electrons. The molecule has 2 aromatic carbocycles. The van der Waals surface area contributed by atoms with E-state index in [9.17, 15) is 4.79 Å². The summed E-state index contributed by atoms with van der Waals surface area (Å²) in [6.45, 7) is 4.69. The molecule has 5 heteroatoms. The molecule has 1 unspecified atom stereocenters. The van der Waals surface area contributed by atoms with Gasteiger partial charge in [-0.15, -0.1) is 0 Å². The van der Waals surface area contributed by atoms with Crippen LogP contribution in [0.25, 0.3) is 0 Å². The minimum absolute atomic E-state index is 0.0818. The van der Waals surface area contributed by atoms with Gasteiger partial charge in [0.2, 0.25) is 0 Å². The number of nitrogens with one attached hydrogen (secondary N) is 1. The number of ether oxygens (including phenoxy) is 1. The van der Waals surface area contributed by atoms with Gasteiger partial charge in [0, 0.05) is 24.5 Å². The molecule has 0 bridgehead atoms. The first kappa shape index (κ1) is 17.7. The van der Waals surface area contributed by atoms with E-state index in [1.807, 2.05) is 68.6 Å². The number of carbonyl (C=O) groups is 1. The van der Waals surface area contributed by atoms with Crippen LogP contribution in [-0.2, 0) is 6.54 Å². The number of carbonyl (C=O) groups excluding carboxylic acids is 1. The maximum Gasteiger partial charge on any atom is 0.251 e. The van der Waals surface area contributed by atoms with Gasteiger partial charge in [-0.05, 0) is 49.2 Å². The Hall–Kier alpha value is -3.08. The SMILES string of the molecule is COc1ccc(C(C)NC(=O)c2ccc(Cn3ccnc3C)cc2)cc1. The molecule has 0 spiro atoms.